The average Bonchev–Trinajstić information content (AvgIpc) is 2.42. The SMILES string of the molecule is O=C(Nc1c(Br)cc(Br)cc1C(=O)O)NC1CCCCC1. The van der Waals surface area contributed by atoms with Crippen LogP contribution in [-0.2, 0) is 0 Å². The fourth-order valence-corrected chi connectivity index (χ4v) is 3.78. The lowest BCUT2D eigenvalue weighted by molar-refractivity contribution is 0.0698. The molecular weight excluding hydrogens is 404 g/mol. The van der Waals surface area contributed by atoms with Gasteiger partial charge in [0.1, 0.15) is 0 Å². The molecule has 2 rings (SSSR count). The fraction of sp³-hybridized carbons (Fsp3) is 0.429. The summed E-state index contributed by atoms with van der Waals surface area (Å²) in [5.41, 5.74) is 0.300. The maximum absolute atomic E-state index is 12.0. The van der Waals surface area contributed by atoms with Gasteiger partial charge in [0.25, 0.3) is 0 Å². The molecule has 5 nitrogen and oxygen atoms in total. The number of hydrogen-bond donors (Lipinski definition) is 3. The molecule has 1 fully saturated rings. The molecule has 1 saturated carbocycles. The third-order valence-corrected chi connectivity index (χ3v) is 4.55. The normalized spacial score (nSPS) is 15.5. The summed E-state index contributed by atoms with van der Waals surface area (Å²) in [5.74, 6) is -1.09. The standard InChI is InChI=1S/C14H16Br2N2O3/c15-8-6-10(13(19)20)12(11(16)7-8)18-14(21)17-9-4-2-1-3-5-9/h6-7,9H,1-5H2,(H,19,20)(H2,17,18,21). The number of aromatic carboxylic acids is 1. The lowest BCUT2D eigenvalue weighted by atomic mass is 9.96. The van der Waals surface area contributed by atoms with Gasteiger partial charge in [0.05, 0.1) is 11.3 Å². The quantitative estimate of drug-likeness (QED) is 0.680. The van der Waals surface area contributed by atoms with Crippen molar-refractivity contribution in [3.63, 3.8) is 0 Å². The number of carbonyl (C=O) groups is 2. The third-order valence-electron chi connectivity index (χ3n) is 3.46. The number of anilines is 1. The predicted octanol–water partition coefficient (Wildman–Crippen LogP) is 4.36. The van der Waals surface area contributed by atoms with E-state index < -0.39 is 5.97 Å². The highest BCUT2D eigenvalue weighted by Crippen LogP contribution is 2.31. The highest BCUT2D eigenvalue weighted by molar-refractivity contribution is 9.11. The molecule has 21 heavy (non-hydrogen) atoms. The van der Waals surface area contributed by atoms with Crippen LogP contribution in [0, 0.1) is 0 Å². The summed E-state index contributed by atoms with van der Waals surface area (Å²) in [4.78, 5) is 23.3. The van der Waals surface area contributed by atoms with E-state index >= 15 is 0 Å². The Morgan fingerprint density at radius 1 is 1.14 bits per heavy atom. The Hall–Kier alpha value is -1.08. The molecule has 1 aromatic rings. The molecule has 0 bridgehead atoms. The maximum Gasteiger partial charge on any atom is 0.337 e. The number of rotatable bonds is 3. The molecule has 0 aliphatic heterocycles. The van der Waals surface area contributed by atoms with Crippen LogP contribution in [0.25, 0.3) is 0 Å². The van der Waals surface area contributed by atoms with E-state index in [1.807, 2.05) is 0 Å². The average molecular weight is 420 g/mol. The molecule has 1 aromatic carbocycles. The molecular formula is C14H16Br2N2O3. The largest absolute Gasteiger partial charge is 0.478 e. The molecule has 7 heteroatoms. The third kappa shape index (κ3) is 4.44. The first-order valence-electron chi connectivity index (χ1n) is 6.77. The van der Waals surface area contributed by atoms with E-state index in [0.717, 1.165) is 25.7 Å². The molecule has 0 spiro atoms. The Morgan fingerprint density at radius 3 is 2.43 bits per heavy atom. The van der Waals surface area contributed by atoms with Crippen LogP contribution in [0.2, 0.25) is 0 Å². The van der Waals surface area contributed by atoms with E-state index in [9.17, 15) is 14.7 Å². The van der Waals surface area contributed by atoms with Gasteiger partial charge in [0, 0.05) is 15.0 Å². The van der Waals surface area contributed by atoms with Gasteiger partial charge in [-0.3, -0.25) is 0 Å². The van der Waals surface area contributed by atoms with Gasteiger partial charge < -0.3 is 15.7 Å². The van der Waals surface area contributed by atoms with Crippen LogP contribution in [0.5, 0.6) is 0 Å². The van der Waals surface area contributed by atoms with Gasteiger partial charge in [0.15, 0.2) is 0 Å². The summed E-state index contributed by atoms with van der Waals surface area (Å²) < 4.78 is 1.15. The molecule has 114 valence electrons. The van der Waals surface area contributed by atoms with E-state index in [1.165, 1.54) is 12.5 Å². The minimum absolute atomic E-state index is 0.0371. The van der Waals surface area contributed by atoms with Crippen LogP contribution in [0.1, 0.15) is 42.5 Å². The van der Waals surface area contributed by atoms with Gasteiger partial charge in [-0.2, -0.15) is 0 Å². The number of hydrogen-bond acceptors (Lipinski definition) is 2. The summed E-state index contributed by atoms with van der Waals surface area (Å²) >= 11 is 6.52. The topological polar surface area (TPSA) is 78.4 Å². The van der Waals surface area contributed by atoms with Crippen LogP contribution in [0.3, 0.4) is 0 Å². The van der Waals surface area contributed by atoms with Crippen molar-refractivity contribution < 1.29 is 14.7 Å². The van der Waals surface area contributed by atoms with Crippen molar-refractivity contribution in [2.75, 3.05) is 5.32 Å². The summed E-state index contributed by atoms with van der Waals surface area (Å²) in [5, 5.41) is 14.8. The molecule has 0 saturated heterocycles. The molecule has 0 atom stereocenters. The summed E-state index contributed by atoms with van der Waals surface area (Å²) in [6.45, 7) is 0. The Bertz CT molecular complexity index is 557. The maximum atomic E-state index is 12.0. The molecule has 1 aliphatic rings. The monoisotopic (exact) mass is 418 g/mol. The van der Waals surface area contributed by atoms with E-state index in [4.69, 9.17) is 0 Å². The van der Waals surface area contributed by atoms with Gasteiger partial charge in [-0.25, -0.2) is 9.59 Å². The fourth-order valence-electron chi connectivity index (χ4n) is 2.45. The first-order chi connectivity index (χ1) is 9.97. The molecule has 0 radical (unpaired) electrons. The number of carboxylic acids is 1. The second-order valence-electron chi connectivity index (χ2n) is 5.05. The van der Waals surface area contributed by atoms with Crippen LogP contribution in [0.4, 0.5) is 10.5 Å². The number of halogens is 2. The molecule has 2 amide bonds. The minimum Gasteiger partial charge on any atom is -0.478 e. The number of amides is 2. The molecule has 0 heterocycles. The highest BCUT2D eigenvalue weighted by atomic mass is 79.9. The molecule has 1 aliphatic carbocycles. The highest BCUT2D eigenvalue weighted by Gasteiger charge is 2.19. The van der Waals surface area contributed by atoms with E-state index in [1.54, 1.807) is 6.07 Å². The van der Waals surface area contributed by atoms with Crippen LogP contribution in [-0.4, -0.2) is 23.1 Å². The van der Waals surface area contributed by atoms with Gasteiger partial charge in [-0.15, -0.1) is 0 Å². The van der Waals surface area contributed by atoms with E-state index in [2.05, 4.69) is 42.5 Å². The van der Waals surface area contributed by atoms with Crippen molar-refractivity contribution in [3.05, 3.63) is 26.6 Å². The smallest absolute Gasteiger partial charge is 0.337 e. The minimum atomic E-state index is -1.09. The number of benzene rings is 1. The Labute approximate surface area is 139 Å². The van der Waals surface area contributed by atoms with Gasteiger partial charge in [-0.05, 0) is 40.9 Å². The summed E-state index contributed by atoms with van der Waals surface area (Å²) in [6, 6.07) is 2.96. The van der Waals surface area contributed by atoms with E-state index in [-0.39, 0.29) is 23.3 Å². The number of nitrogens with one attached hydrogen (secondary N) is 2. The number of carboxylic acid groups (broad SMARTS) is 1. The molecule has 0 unspecified atom stereocenters. The van der Waals surface area contributed by atoms with Gasteiger partial charge >= 0.3 is 12.0 Å². The Kier molecular flexibility index (Phi) is 5.64. The van der Waals surface area contributed by atoms with Crippen molar-refractivity contribution in [2.24, 2.45) is 0 Å². The number of urea groups is 1. The van der Waals surface area contributed by atoms with Crippen molar-refractivity contribution in [2.45, 2.75) is 38.1 Å². The zero-order valence-electron chi connectivity index (χ0n) is 11.3. The van der Waals surface area contributed by atoms with Crippen LogP contribution >= 0.6 is 31.9 Å². The summed E-state index contributed by atoms with van der Waals surface area (Å²) in [6.07, 6.45) is 5.39. The molecule has 3 N–H and O–H groups in total. The second kappa shape index (κ2) is 7.26. The first-order valence-corrected chi connectivity index (χ1v) is 8.36. The van der Waals surface area contributed by atoms with Crippen molar-refractivity contribution in [1.29, 1.82) is 0 Å². The van der Waals surface area contributed by atoms with Crippen molar-refractivity contribution in [3.8, 4) is 0 Å². The Morgan fingerprint density at radius 2 is 1.81 bits per heavy atom. The number of carbonyl (C=O) groups excluding carboxylic acids is 1. The van der Waals surface area contributed by atoms with Crippen LogP contribution in [0.15, 0.2) is 21.1 Å². The van der Waals surface area contributed by atoms with Crippen LogP contribution < -0.4 is 10.6 Å². The predicted molar refractivity (Wildman–Crippen MR) is 87.8 cm³/mol. The molecule has 0 aromatic heterocycles. The first kappa shape index (κ1) is 16.3. The van der Waals surface area contributed by atoms with Gasteiger partial charge in [-0.1, -0.05) is 35.2 Å². The zero-order chi connectivity index (χ0) is 15.4. The second-order valence-corrected chi connectivity index (χ2v) is 6.82. The zero-order valence-corrected chi connectivity index (χ0v) is 14.5. The summed E-state index contributed by atoms with van der Waals surface area (Å²) in [7, 11) is 0. The lowest BCUT2D eigenvalue weighted by Crippen LogP contribution is -2.39. The van der Waals surface area contributed by atoms with Gasteiger partial charge in [0.2, 0.25) is 0 Å². The Balaban J connectivity index is 2.11. The van der Waals surface area contributed by atoms with Crippen molar-refractivity contribution >= 4 is 49.5 Å². The van der Waals surface area contributed by atoms with Crippen molar-refractivity contribution in [1.82, 2.24) is 5.32 Å². The lowest BCUT2D eigenvalue weighted by Gasteiger charge is -2.23. The van der Waals surface area contributed by atoms with E-state index in [0.29, 0.717) is 8.95 Å².